The van der Waals surface area contributed by atoms with Gasteiger partial charge in [0.2, 0.25) is 5.91 Å². The molecule has 4 amide bonds. The van der Waals surface area contributed by atoms with E-state index >= 15 is 0 Å². The topological polar surface area (TPSA) is 162 Å². The van der Waals surface area contributed by atoms with Crippen LogP contribution < -0.4 is 21.3 Å². The number of nitrogens with zero attached hydrogens (tertiary/aromatic N) is 6. The van der Waals surface area contributed by atoms with Gasteiger partial charge in [-0.25, -0.2) is 9.97 Å². The van der Waals surface area contributed by atoms with Gasteiger partial charge in [-0.3, -0.25) is 19.2 Å². The standard InChI is InChI=1S/C30H34N10O4/c1-31-25(41)7-6-10-33-28(42)18-8-9-22-21(13-18)36-26(40(22)5)23-14-19(16-38(23)3)34-29(43)24-15-20(17-39(24)4)35-30(44)27-32-11-12-37(27)2/h8-9,11-17H,6-7,10H2,1-5H3,(H,31,41)(H,33,42)(H,34,43)(H,35,44). The zero-order chi connectivity index (χ0) is 31.5. The number of carbonyl (C=O) groups is 4. The van der Waals surface area contributed by atoms with Gasteiger partial charge in [-0.05, 0) is 36.8 Å². The summed E-state index contributed by atoms with van der Waals surface area (Å²) in [5.41, 5.74) is 4.11. The van der Waals surface area contributed by atoms with Crippen molar-refractivity contribution >= 4 is 46.0 Å². The number of imidazole rings is 2. The molecule has 0 spiro atoms. The monoisotopic (exact) mass is 598 g/mol. The van der Waals surface area contributed by atoms with E-state index in [4.69, 9.17) is 4.98 Å². The maximum atomic E-state index is 13.2. The molecule has 14 nitrogen and oxygen atoms in total. The Bertz CT molecular complexity index is 1890. The first-order valence-corrected chi connectivity index (χ1v) is 13.9. The first kappa shape index (κ1) is 29.8. The highest BCUT2D eigenvalue weighted by Crippen LogP contribution is 2.28. The van der Waals surface area contributed by atoms with Crippen molar-refractivity contribution in [2.75, 3.05) is 24.2 Å². The molecule has 0 aliphatic heterocycles. The van der Waals surface area contributed by atoms with Crippen LogP contribution in [0.1, 0.15) is 44.3 Å². The smallest absolute Gasteiger partial charge is 0.291 e. The molecule has 5 rings (SSSR count). The van der Waals surface area contributed by atoms with E-state index < -0.39 is 0 Å². The largest absolute Gasteiger partial charge is 0.359 e. The van der Waals surface area contributed by atoms with E-state index in [0.717, 1.165) is 11.2 Å². The minimum atomic E-state index is -0.379. The van der Waals surface area contributed by atoms with Crippen molar-refractivity contribution < 1.29 is 19.2 Å². The van der Waals surface area contributed by atoms with E-state index in [1.54, 1.807) is 67.1 Å². The summed E-state index contributed by atoms with van der Waals surface area (Å²) >= 11 is 0. The average molecular weight is 599 g/mol. The van der Waals surface area contributed by atoms with Crippen LogP contribution in [0.3, 0.4) is 0 Å². The second-order valence-electron chi connectivity index (χ2n) is 10.5. The van der Waals surface area contributed by atoms with Crippen molar-refractivity contribution in [1.82, 2.24) is 38.9 Å². The molecule has 0 fully saturated rings. The van der Waals surface area contributed by atoms with E-state index in [-0.39, 0.29) is 29.5 Å². The summed E-state index contributed by atoms with van der Waals surface area (Å²) < 4.78 is 7.03. The first-order chi connectivity index (χ1) is 21.0. The fourth-order valence-electron chi connectivity index (χ4n) is 4.93. The molecular formula is C30H34N10O4. The maximum absolute atomic E-state index is 13.2. The molecule has 0 bridgehead atoms. The zero-order valence-corrected chi connectivity index (χ0v) is 25.1. The van der Waals surface area contributed by atoms with Gasteiger partial charge in [0.15, 0.2) is 11.6 Å². The second-order valence-corrected chi connectivity index (χ2v) is 10.5. The lowest BCUT2D eigenvalue weighted by molar-refractivity contribution is -0.120. The second kappa shape index (κ2) is 12.3. The highest BCUT2D eigenvalue weighted by atomic mass is 16.2. The fraction of sp³-hybridized carbons (Fsp3) is 0.267. The van der Waals surface area contributed by atoms with Gasteiger partial charge in [0.1, 0.15) is 5.69 Å². The Balaban J connectivity index is 1.28. The molecule has 228 valence electrons. The van der Waals surface area contributed by atoms with E-state index in [9.17, 15) is 19.2 Å². The number of hydrogen-bond donors (Lipinski definition) is 4. The number of rotatable bonds is 10. The van der Waals surface area contributed by atoms with Crippen molar-refractivity contribution in [2.24, 2.45) is 28.2 Å². The third kappa shape index (κ3) is 6.09. The van der Waals surface area contributed by atoms with Gasteiger partial charge in [-0.1, -0.05) is 0 Å². The molecular weight excluding hydrogens is 564 g/mol. The van der Waals surface area contributed by atoms with Gasteiger partial charge < -0.3 is 39.5 Å². The number of benzene rings is 1. The lowest BCUT2D eigenvalue weighted by Gasteiger charge is -2.05. The molecule has 44 heavy (non-hydrogen) atoms. The molecule has 0 aliphatic rings. The molecule has 0 unspecified atom stereocenters. The van der Waals surface area contributed by atoms with Crippen molar-refractivity contribution in [3.8, 4) is 11.5 Å². The number of fused-ring (bicyclic) bond motifs is 1. The number of amides is 4. The molecule has 0 radical (unpaired) electrons. The number of hydrogen-bond acceptors (Lipinski definition) is 6. The third-order valence-electron chi connectivity index (χ3n) is 7.30. The molecule has 5 aromatic rings. The molecule has 14 heteroatoms. The predicted octanol–water partition coefficient (Wildman–Crippen LogP) is 2.41. The van der Waals surface area contributed by atoms with Gasteiger partial charge in [-0.15, -0.1) is 0 Å². The first-order valence-electron chi connectivity index (χ1n) is 13.9. The third-order valence-corrected chi connectivity index (χ3v) is 7.30. The Labute approximate surface area is 253 Å². The zero-order valence-electron chi connectivity index (χ0n) is 25.1. The van der Waals surface area contributed by atoms with Gasteiger partial charge >= 0.3 is 0 Å². The number of aromatic nitrogens is 6. The van der Waals surface area contributed by atoms with Gasteiger partial charge in [0.05, 0.1) is 28.1 Å². The number of carbonyl (C=O) groups excluding carboxylic acids is 4. The quantitative estimate of drug-likeness (QED) is 0.181. The summed E-state index contributed by atoms with van der Waals surface area (Å²) in [6.45, 7) is 0.388. The van der Waals surface area contributed by atoms with Crippen molar-refractivity contribution in [3.63, 3.8) is 0 Å². The van der Waals surface area contributed by atoms with Crippen LogP contribution in [0.25, 0.3) is 22.6 Å². The fourth-order valence-corrected chi connectivity index (χ4v) is 4.93. The van der Waals surface area contributed by atoms with E-state index in [0.29, 0.717) is 53.4 Å². The highest BCUT2D eigenvalue weighted by Gasteiger charge is 2.19. The summed E-state index contributed by atoms with van der Waals surface area (Å²) in [5, 5.41) is 11.1. The maximum Gasteiger partial charge on any atom is 0.291 e. The summed E-state index contributed by atoms with van der Waals surface area (Å²) in [7, 11) is 8.78. The highest BCUT2D eigenvalue weighted by molar-refractivity contribution is 6.06. The van der Waals surface area contributed by atoms with Crippen molar-refractivity contribution in [1.29, 1.82) is 0 Å². The van der Waals surface area contributed by atoms with Gasteiger partial charge in [0.25, 0.3) is 17.7 Å². The Kier molecular flexibility index (Phi) is 8.33. The van der Waals surface area contributed by atoms with Crippen LogP contribution >= 0.6 is 0 Å². The number of anilines is 2. The minimum Gasteiger partial charge on any atom is -0.359 e. The van der Waals surface area contributed by atoms with Crippen LogP contribution in [0.15, 0.2) is 55.1 Å². The Morgan fingerprint density at radius 2 is 1.57 bits per heavy atom. The summed E-state index contributed by atoms with van der Waals surface area (Å²) in [5.74, 6) is -0.118. The molecule has 0 atom stereocenters. The van der Waals surface area contributed by atoms with E-state index in [2.05, 4.69) is 26.3 Å². The van der Waals surface area contributed by atoms with Gasteiger partial charge in [-0.2, -0.15) is 0 Å². The number of aryl methyl sites for hydroxylation is 4. The minimum absolute atomic E-state index is 0.0679. The van der Waals surface area contributed by atoms with Crippen molar-refractivity contribution in [2.45, 2.75) is 12.8 Å². The molecule has 0 aliphatic carbocycles. The number of nitrogens with one attached hydrogen (secondary N) is 4. The predicted molar refractivity (Wildman–Crippen MR) is 165 cm³/mol. The van der Waals surface area contributed by atoms with Crippen LogP contribution in [-0.2, 0) is 33.0 Å². The van der Waals surface area contributed by atoms with E-state index in [1.807, 2.05) is 35.4 Å². The summed E-state index contributed by atoms with van der Waals surface area (Å²) in [6, 6.07) is 8.74. The lowest BCUT2D eigenvalue weighted by atomic mass is 10.2. The Morgan fingerprint density at radius 3 is 2.30 bits per heavy atom. The lowest BCUT2D eigenvalue weighted by Crippen LogP contribution is -2.26. The van der Waals surface area contributed by atoms with Crippen LogP contribution in [0.5, 0.6) is 0 Å². The van der Waals surface area contributed by atoms with E-state index in [1.165, 1.54) is 6.20 Å². The molecule has 1 aromatic carbocycles. The van der Waals surface area contributed by atoms with Crippen LogP contribution in [0.4, 0.5) is 11.4 Å². The molecule has 0 saturated heterocycles. The summed E-state index contributed by atoms with van der Waals surface area (Å²) in [4.78, 5) is 58.6. The SMILES string of the molecule is CNC(=O)CCCNC(=O)c1ccc2c(c1)nc(-c1cc(NC(=O)c3cc(NC(=O)c4nccn4C)cn3C)cn1C)n2C. The average Bonchev–Trinajstić information content (AvgIpc) is 3.76. The normalized spacial score (nSPS) is 11.0. The van der Waals surface area contributed by atoms with Crippen LogP contribution in [0, 0.1) is 0 Å². The van der Waals surface area contributed by atoms with Crippen molar-refractivity contribution in [3.05, 3.63) is 72.2 Å². The molecule has 4 N–H and O–H groups in total. The molecule has 0 saturated carbocycles. The summed E-state index contributed by atoms with van der Waals surface area (Å²) in [6.07, 6.45) is 7.55. The molecule has 4 aromatic heterocycles. The van der Waals surface area contributed by atoms with Crippen LogP contribution in [0.2, 0.25) is 0 Å². The van der Waals surface area contributed by atoms with Gasteiger partial charge in [0, 0.05) is 78.6 Å². The molecule has 4 heterocycles. The van der Waals surface area contributed by atoms with Crippen LogP contribution in [-0.4, -0.2) is 65.5 Å². The Hall–Kier alpha value is -5.66. The Morgan fingerprint density at radius 1 is 0.841 bits per heavy atom.